The summed E-state index contributed by atoms with van der Waals surface area (Å²) >= 11 is 0. The summed E-state index contributed by atoms with van der Waals surface area (Å²) in [4.78, 5) is 13.3. The van der Waals surface area contributed by atoms with Crippen molar-refractivity contribution in [2.45, 2.75) is 31.5 Å². The molecule has 258 valence electrons. The van der Waals surface area contributed by atoms with Gasteiger partial charge in [0.25, 0.3) is 0 Å². The van der Waals surface area contributed by atoms with Crippen LogP contribution in [0.4, 0.5) is 11.4 Å². The summed E-state index contributed by atoms with van der Waals surface area (Å²) in [5.41, 5.74) is 8.58. The van der Waals surface area contributed by atoms with E-state index in [1.54, 1.807) is 0 Å². The van der Waals surface area contributed by atoms with Gasteiger partial charge in [-0.2, -0.15) is 0 Å². The molecule has 0 fully saturated rings. The standard InChI is InChI=1S/C49H36N4O/c1-48-28-27-32-14-7-9-20-38(32)45(48)44-37-19-8-6-13-31(37)23-25-41(44)53(48)36-18-12-17-34(29-36)47-50-46(33-15-4-3-5-16-33)51-49(2,52-47)35-24-26-43-40(30-35)39-21-10-11-22-42(39)54-43/h3-27,29-30H,28H2,1-2H3,(H,50,51,52). The molecule has 5 heteroatoms. The number of anilines is 2. The van der Waals surface area contributed by atoms with E-state index in [0.717, 1.165) is 62.4 Å². The molecule has 0 saturated carbocycles. The molecule has 0 amide bonds. The zero-order valence-corrected chi connectivity index (χ0v) is 30.0. The molecule has 1 N–H and O–H groups in total. The molecule has 2 unspecified atom stereocenters. The molecule has 1 aromatic heterocycles. The second-order valence-corrected chi connectivity index (χ2v) is 15.0. The summed E-state index contributed by atoms with van der Waals surface area (Å²) in [6, 6.07) is 55.9. The Morgan fingerprint density at radius 3 is 2.22 bits per heavy atom. The third-order valence-corrected chi connectivity index (χ3v) is 11.6. The van der Waals surface area contributed by atoms with Gasteiger partial charge in [-0.1, -0.05) is 127 Å². The van der Waals surface area contributed by atoms with Crippen molar-refractivity contribution < 1.29 is 4.42 Å². The van der Waals surface area contributed by atoms with Gasteiger partial charge in [0.1, 0.15) is 22.8 Å². The normalized spacial score (nSPS) is 20.2. The molecule has 1 aliphatic carbocycles. The van der Waals surface area contributed by atoms with E-state index in [9.17, 15) is 0 Å². The van der Waals surface area contributed by atoms with Gasteiger partial charge in [-0.15, -0.1) is 0 Å². The summed E-state index contributed by atoms with van der Waals surface area (Å²) in [5.74, 6) is 1.56. The van der Waals surface area contributed by atoms with Gasteiger partial charge < -0.3 is 14.6 Å². The summed E-state index contributed by atoms with van der Waals surface area (Å²) in [6.45, 7) is 4.50. The highest BCUT2D eigenvalue weighted by molar-refractivity contribution is 6.17. The highest BCUT2D eigenvalue weighted by atomic mass is 16.3. The highest BCUT2D eigenvalue weighted by Gasteiger charge is 2.46. The lowest BCUT2D eigenvalue weighted by Crippen LogP contribution is -2.47. The molecular weight excluding hydrogens is 661 g/mol. The van der Waals surface area contributed by atoms with Crippen LogP contribution in [-0.2, 0) is 5.66 Å². The fourth-order valence-corrected chi connectivity index (χ4v) is 9.05. The Balaban J connectivity index is 1.09. The van der Waals surface area contributed by atoms with E-state index >= 15 is 0 Å². The van der Waals surface area contributed by atoms with Crippen molar-refractivity contribution in [2.75, 3.05) is 4.90 Å². The maximum absolute atomic E-state index is 6.19. The van der Waals surface area contributed by atoms with Crippen LogP contribution in [0.3, 0.4) is 0 Å². The first-order chi connectivity index (χ1) is 26.5. The SMILES string of the molecule is CC1(c2ccc3oc4ccccc4c3c2)N=C(c2ccccc2)NC(c2cccc(N3c4ccc5ccccc5c4C4=c5ccccc5=CCC43C)c2)=N1. The first kappa shape index (κ1) is 30.9. The number of amidine groups is 2. The van der Waals surface area contributed by atoms with Crippen LogP contribution < -0.4 is 20.7 Å². The molecule has 3 heterocycles. The minimum absolute atomic E-state index is 0.296. The Labute approximate surface area is 312 Å². The summed E-state index contributed by atoms with van der Waals surface area (Å²) in [7, 11) is 0. The maximum atomic E-state index is 6.19. The first-order valence-electron chi connectivity index (χ1n) is 18.6. The monoisotopic (exact) mass is 696 g/mol. The maximum Gasteiger partial charge on any atom is 0.177 e. The Kier molecular flexibility index (Phi) is 6.51. The second kappa shape index (κ2) is 11.4. The van der Waals surface area contributed by atoms with E-state index in [-0.39, 0.29) is 5.54 Å². The Morgan fingerprint density at radius 2 is 1.33 bits per heavy atom. The van der Waals surface area contributed by atoms with Crippen LogP contribution in [0.5, 0.6) is 0 Å². The van der Waals surface area contributed by atoms with E-state index in [1.807, 2.05) is 24.3 Å². The largest absolute Gasteiger partial charge is 0.456 e. The molecule has 8 aromatic rings. The van der Waals surface area contributed by atoms with Gasteiger partial charge in [0.2, 0.25) is 0 Å². The number of rotatable bonds is 4. The van der Waals surface area contributed by atoms with Crippen molar-refractivity contribution in [3.63, 3.8) is 0 Å². The topological polar surface area (TPSA) is 53.1 Å². The Hall–Kier alpha value is -6.72. The number of nitrogens with one attached hydrogen (secondary N) is 1. The van der Waals surface area contributed by atoms with E-state index in [1.165, 1.54) is 38.0 Å². The lowest BCUT2D eigenvalue weighted by molar-refractivity contribution is 0.519. The fourth-order valence-electron chi connectivity index (χ4n) is 9.05. The van der Waals surface area contributed by atoms with Crippen LogP contribution in [0.2, 0.25) is 0 Å². The predicted molar refractivity (Wildman–Crippen MR) is 222 cm³/mol. The molecule has 0 radical (unpaired) electrons. The van der Waals surface area contributed by atoms with Gasteiger partial charge in [0.05, 0.1) is 11.2 Å². The summed E-state index contributed by atoms with van der Waals surface area (Å²) in [5, 5.41) is 11.0. The van der Waals surface area contributed by atoms with Crippen LogP contribution in [0.25, 0.3) is 44.4 Å². The van der Waals surface area contributed by atoms with E-state index in [4.69, 9.17) is 14.4 Å². The third kappa shape index (κ3) is 4.51. The summed E-state index contributed by atoms with van der Waals surface area (Å²) in [6.07, 6.45) is 3.30. The Morgan fingerprint density at radius 1 is 0.611 bits per heavy atom. The lowest BCUT2D eigenvalue weighted by Gasteiger charge is -2.39. The molecule has 5 nitrogen and oxygen atoms in total. The molecule has 3 aliphatic rings. The summed E-state index contributed by atoms with van der Waals surface area (Å²) < 4.78 is 6.19. The number of benzene rings is 7. The van der Waals surface area contributed by atoms with Crippen molar-refractivity contribution >= 4 is 67.4 Å². The van der Waals surface area contributed by atoms with Gasteiger partial charge in [-0.05, 0) is 83.4 Å². The van der Waals surface area contributed by atoms with Crippen molar-refractivity contribution in [2.24, 2.45) is 9.98 Å². The molecular formula is C49H36N4O. The van der Waals surface area contributed by atoms with Crippen LogP contribution in [-0.4, -0.2) is 17.2 Å². The van der Waals surface area contributed by atoms with Gasteiger partial charge in [-0.25, -0.2) is 9.98 Å². The number of fused-ring (bicyclic) bond motifs is 9. The van der Waals surface area contributed by atoms with Crippen LogP contribution >= 0.6 is 0 Å². The van der Waals surface area contributed by atoms with Crippen LogP contribution in [0, 0.1) is 0 Å². The molecule has 2 atom stereocenters. The minimum Gasteiger partial charge on any atom is -0.456 e. The first-order valence-corrected chi connectivity index (χ1v) is 18.6. The number of hydrogen-bond donors (Lipinski definition) is 1. The number of nitrogens with zero attached hydrogens (tertiary/aromatic N) is 3. The van der Waals surface area contributed by atoms with E-state index < -0.39 is 5.66 Å². The third-order valence-electron chi connectivity index (χ3n) is 11.6. The number of aliphatic imine (C=N–C) groups is 2. The van der Waals surface area contributed by atoms with Crippen molar-refractivity contribution in [1.82, 2.24) is 5.32 Å². The fraction of sp³-hybridized carbons (Fsp3) is 0.102. The zero-order valence-electron chi connectivity index (χ0n) is 30.0. The van der Waals surface area contributed by atoms with Gasteiger partial charge in [-0.3, -0.25) is 0 Å². The molecule has 7 aromatic carbocycles. The van der Waals surface area contributed by atoms with Crippen LogP contribution in [0.15, 0.2) is 172 Å². The minimum atomic E-state index is -0.900. The van der Waals surface area contributed by atoms with E-state index in [0.29, 0.717) is 0 Å². The van der Waals surface area contributed by atoms with Gasteiger partial charge >= 0.3 is 0 Å². The molecule has 0 spiro atoms. The van der Waals surface area contributed by atoms with Crippen molar-refractivity contribution in [1.29, 1.82) is 0 Å². The molecule has 0 saturated heterocycles. The lowest BCUT2D eigenvalue weighted by atomic mass is 9.80. The Bertz CT molecular complexity index is 3050. The number of para-hydroxylation sites is 1. The predicted octanol–water partition coefficient (Wildman–Crippen LogP) is 9.70. The van der Waals surface area contributed by atoms with Gasteiger partial charge in [0, 0.05) is 38.7 Å². The van der Waals surface area contributed by atoms with Crippen molar-refractivity contribution in [3.8, 4) is 0 Å². The number of furan rings is 1. The second-order valence-electron chi connectivity index (χ2n) is 15.0. The van der Waals surface area contributed by atoms with Crippen molar-refractivity contribution in [3.05, 3.63) is 190 Å². The highest BCUT2D eigenvalue weighted by Crippen LogP contribution is 2.54. The average Bonchev–Trinajstić information content (AvgIpc) is 3.73. The average molecular weight is 697 g/mol. The van der Waals surface area contributed by atoms with Gasteiger partial charge in [0.15, 0.2) is 5.66 Å². The molecule has 54 heavy (non-hydrogen) atoms. The number of hydrogen-bond acceptors (Lipinski definition) is 5. The zero-order chi connectivity index (χ0) is 36.0. The van der Waals surface area contributed by atoms with E-state index in [2.05, 4.69) is 164 Å². The van der Waals surface area contributed by atoms with Crippen LogP contribution in [0.1, 0.15) is 42.5 Å². The molecule has 11 rings (SSSR count). The molecule has 0 bridgehead atoms. The molecule has 2 aliphatic heterocycles. The smallest absolute Gasteiger partial charge is 0.177 e. The quantitative estimate of drug-likeness (QED) is 0.199.